The zero-order valence-corrected chi connectivity index (χ0v) is 15.4. The van der Waals surface area contributed by atoms with Crippen LogP contribution in [0.4, 0.5) is 4.39 Å². The Kier molecular flexibility index (Phi) is 3.73. The van der Waals surface area contributed by atoms with Crippen molar-refractivity contribution in [2.75, 3.05) is 6.61 Å². The van der Waals surface area contributed by atoms with Gasteiger partial charge in [-0.1, -0.05) is 11.6 Å². The molecule has 0 saturated heterocycles. The van der Waals surface area contributed by atoms with Gasteiger partial charge in [-0.25, -0.2) is 4.39 Å². The Morgan fingerprint density at radius 3 is 2.81 bits per heavy atom. The molecule has 0 radical (unpaired) electrons. The fraction of sp³-hybridized carbons (Fsp3) is 0.526. The first-order valence-electron chi connectivity index (χ1n) is 9.17. The topological polar surface area (TPSA) is 77.2 Å². The number of amides is 1. The number of carbonyl (C=O) groups is 1. The molecule has 4 saturated carbocycles. The summed E-state index contributed by atoms with van der Waals surface area (Å²) >= 11 is 5.63. The molecule has 2 aromatic rings. The number of nitrogens with one attached hydrogen (secondary N) is 1. The van der Waals surface area contributed by atoms with Crippen molar-refractivity contribution in [1.82, 2.24) is 15.5 Å². The normalized spacial score (nSPS) is 28.2. The highest BCUT2D eigenvalue weighted by molar-refractivity contribution is 6.30. The minimum atomic E-state index is -0.573. The molecular formula is C19H19ClFN3O3. The summed E-state index contributed by atoms with van der Waals surface area (Å²) in [6.45, 7) is -0.165. The van der Waals surface area contributed by atoms with Gasteiger partial charge >= 0.3 is 0 Å². The van der Waals surface area contributed by atoms with E-state index in [1.165, 1.54) is 31.0 Å². The summed E-state index contributed by atoms with van der Waals surface area (Å²) in [6, 6.07) is 4.10. The lowest BCUT2D eigenvalue weighted by molar-refractivity contribution is -0.143. The number of ether oxygens (including phenoxy) is 1. The van der Waals surface area contributed by atoms with Crippen LogP contribution in [0.5, 0.6) is 5.75 Å². The quantitative estimate of drug-likeness (QED) is 0.784. The van der Waals surface area contributed by atoms with Crippen molar-refractivity contribution < 1.29 is 18.3 Å². The van der Waals surface area contributed by atoms with Crippen LogP contribution in [0.3, 0.4) is 0 Å². The van der Waals surface area contributed by atoms with Crippen molar-refractivity contribution in [2.24, 2.45) is 5.92 Å². The van der Waals surface area contributed by atoms with Gasteiger partial charge in [0.25, 0.3) is 5.91 Å². The molecule has 27 heavy (non-hydrogen) atoms. The van der Waals surface area contributed by atoms with Gasteiger partial charge in [-0.05, 0) is 50.2 Å². The van der Waals surface area contributed by atoms with Crippen LogP contribution in [-0.4, -0.2) is 28.3 Å². The maximum absolute atomic E-state index is 13.4. The predicted molar refractivity (Wildman–Crippen MR) is 94.0 cm³/mol. The third-order valence-electron chi connectivity index (χ3n) is 5.78. The van der Waals surface area contributed by atoms with E-state index >= 15 is 0 Å². The predicted octanol–water partition coefficient (Wildman–Crippen LogP) is 3.18. The van der Waals surface area contributed by atoms with Gasteiger partial charge < -0.3 is 14.5 Å². The van der Waals surface area contributed by atoms with Gasteiger partial charge in [0.2, 0.25) is 11.8 Å². The van der Waals surface area contributed by atoms with Crippen LogP contribution in [-0.2, 0) is 16.6 Å². The average molecular weight is 392 g/mol. The van der Waals surface area contributed by atoms with Crippen LogP contribution >= 0.6 is 11.6 Å². The second-order valence-electron chi connectivity index (χ2n) is 8.15. The van der Waals surface area contributed by atoms with E-state index in [-0.39, 0.29) is 34.2 Å². The highest BCUT2D eigenvalue weighted by atomic mass is 35.5. The lowest BCUT2D eigenvalue weighted by Crippen LogP contribution is -2.77. The van der Waals surface area contributed by atoms with Crippen LogP contribution in [0.15, 0.2) is 22.6 Å². The molecule has 0 spiro atoms. The number of benzene rings is 1. The van der Waals surface area contributed by atoms with Gasteiger partial charge in [0.05, 0.1) is 10.4 Å². The van der Waals surface area contributed by atoms with E-state index in [1.54, 1.807) is 0 Å². The van der Waals surface area contributed by atoms with Gasteiger partial charge in [0.1, 0.15) is 11.6 Å². The van der Waals surface area contributed by atoms with Gasteiger partial charge in [0, 0.05) is 18.0 Å². The lowest BCUT2D eigenvalue weighted by Gasteiger charge is -2.68. The molecule has 8 heteroatoms. The second-order valence-corrected chi connectivity index (χ2v) is 8.56. The van der Waals surface area contributed by atoms with E-state index in [4.69, 9.17) is 20.8 Å². The molecule has 6 nitrogen and oxygen atoms in total. The summed E-state index contributed by atoms with van der Waals surface area (Å²) in [6.07, 6.45) is 5.82. The SMILES string of the molecule is O=C(COc1ccc(Cl)c(F)c1)NC12CC(c3nnc(CC4CC4)o3)(C1)C2. The van der Waals surface area contributed by atoms with Gasteiger partial charge in [0.15, 0.2) is 6.61 Å². The third kappa shape index (κ3) is 3.08. The molecule has 1 aromatic carbocycles. The van der Waals surface area contributed by atoms with Crippen molar-refractivity contribution in [1.29, 1.82) is 0 Å². The fourth-order valence-electron chi connectivity index (χ4n) is 4.31. The van der Waals surface area contributed by atoms with E-state index < -0.39 is 5.82 Å². The summed E-state index contributed by atoms with van der Waals surface area (Å²) in [4.78, 5) is 12.2. The van der Waals surface area contributed by atoms with Gasteiger partial charge in [-0.3, -0.25) is 4.79 Å². The molecule has 4 aliphatic carbocycles. The van der Waals surface area contributed by atoms with Crippen LogP contribution in [0.2, 0.25) is 5.02 Å². The minimum absolute atomic E-state index is 0.0206. The van der Waals surface area contributed by atoms with Crippen LogP contribution < -0.4 is 10.1 Å². The molecule has 142 valence electrons. The number of halogens is 2. The summed E-state index contributed by atoms with van der Waals surface area (Å²) in [5.41, 5.74) is -0.265. The van der Waals surface area contributed by atoms with E-state index in [9.17, 15) is 9.18 Å². The largest absolute Gasteiger partial charge is 0.484 e. The third-order valence-corrected chi connectivity index (χ3v) is 6.08. The Bertz CT molecular complexity index is 892. The van der Waals surface area contributed by atoms with Crippen LogP contribution in [0.25, 0.3) is 0 Å². The highest BCUT2D eigenvalue weighted by Gasteiger charge is 2.71. The number of hydrogen-bond acceptors (Lipinski definition) is 5. The summed E-state index contributed by atoms with van der Waals surface area (Å²) in [5.74, 6) is 1.64. The molecule has 1 N–H and O–H groups in total. The Hall–Kier alpha value is -2.15. The second kappa shape index (κ2) is 5.92. The van der Waals surface area contributed by atoms with Crippen molar-refractivity contribution >= 4 is 17.5 Å². The summed E-state index contributed by atoms with van der Waals surface area (Å²) < 4.78 is 24.6. The molecule has 0 atom stereocenters. The van der Waals surface area contributed by atoms with Crippen molar-refractivity contribution in [3.05, 3.63) is 40.8 Å². The minimum Gasteiger partial charge on any atom is -0.484 e. The highest BCUT2D eigenvalue weighted by Crippen LogP contribution is 2.67. The van der Waals surface area contributed by atoms with Gasteiger partial charge in [-0.2, -0.15) is 0 Å². The van der Waals surface area contributed by atoms with Crippen molar-refractivity contribution in [3.8, 4) is 5.75 Å². The molecule has 1 heterocycles. The first-order chi connectivity index (χ1) is 13.0. The van der Waals surface area contributed by atoms with E-state index in [0.29, 0.717) is 11.8 Å². The molecule has 4 fully saturated rings. The Labute approximate surface area is 160 Å². The number of aromatic nitrogens is 2. The summed E-state index contributed by atoms with van der Waals surface area (Å²) in [5, 5.41) is 11.4. The van der Waals surface area contributed by atoms with E-state index in [2.05, 4.69) is 15.5 Å². The molecule has 0 unspecified atom stereocenters. The van der Waals surface area contributed by atoms with E-state index in [1.807, 2.05) is 0 Å². The maximum Gasteiger partial charge on any atom is 0.258 e. The van der Waals surface area contributed by atoms with Crippen LogP contribution in [0, 0.1) is 11.7 Å². The smallest absolute Gasteiger partial charge is 0.258 e. The first kappa shape index (κ1) is 17.0. The Morgan fingerprint density at radius 1 is 1.33 bits per heavy atom. The molecule has 6 rings (SSSR count). The van der Waals surface area contributed by atoms with Crippen molar-refractivity contribution in [2.45, 2.75) is 49.5 Å². The number of carbonyl (C=O) groups excluding carboxylic acids is 1. The Morgan fingerprint density at radius 2 is 2.11 bits per heavy atom. The Balaban J connectivity index is 1.12. The molecule has 4 aliphatic rings. The first-order valence-corrected chi connectivity index (χ1v) is 9.55. The van der Waals surface area contributed by atoms with Gasteiger partial charge in [-0.15, -0.1) is 10.2 Å². The molecule has 0 aliphatic heterocycles. The number of nitrogens with zero attached hydrogens (tertiary/aromatic N) is 2. The molecule has 2 bridgehead atoms. The average Bonchev–Trinajstić information content (AvgIpc) is 3.26. The molecule has 1 aromatic heterocycles. The van der Waals surface area contributed by atoms with Crippen molar-refractivity contribution in [3.63, 3.8) is 0 Å². The molecular weight excluding hydrogens is 373 g/mol. The van der Waals surface area contributed by atoms with Crippen LogP contribution in [0.1, 0.15) is 43.9 Å². The molecule has 1 amide bonds. The summed E-state index contributed by atoms with van der Waals surface area (Å²) in [7, 11) is 0. The van der Waals surface area contributed by atoms with E-state index in [0.717, 1.165) is 31.6 Å². The number of rotatable bonds is 7. The zero-order chi connectivity index (χ0) is 18.6. The maximum atomic E-state index is 13.4. The monoisotopic (exact) mass is 391 g/mol. The lowest BCUT2D eigenvalue weighted by atomic mass is 9.39. The number of hydrogen-bond donors (Lipinski definition) is 1. The fourth-order valence-corrected chi connectivity index (χ4v) is 4.43. The zero-order valence-electron chi connectivity index (χ0n) is 14.6. The standard InChI is InChI=1S/C19H19ClFN3O3/c20-13-4-3-12(6-14(13)21)26-7-15(25)22-19-8-18(9-19,10-19)17-24-23-16(27-17)5-11-1-2-11/h3-4,6,11H,1-2,5,7-10H2,(H,22,25).